The van der Waals surface area contributed by atoms with Gasteiger partial charge in [-0.3, -0.25) is 0 Å². The summed E-state index contributed by atoms with van der Waals surface area (Å²) in [5.74, 6) is 2.61. The molecule has 1 aliphatic rings. The van der Waals surface area contributed by atoms with Crippen LogP contribution in [0.3, 0.4) is 0 Å². The average Bonchev–Trinajstić information content (AvgIpc) is 2.58. The minimum atomic E-state index is 1.31. The van der Waals surface area contributed by atoms with Gasteiger partial charge in [0.05, 0.1) is 0 Å². The van der Waals surface area contributed by atoms with Crippen LogP contribution in [0.1, 0.15) is 11.3 Å². The maximum atomic E-state index is 2.21. The Bertz CT molecular complexity index is 199. The van der Waals surface area contributed by atoms with E-state index in [9.17, 15) is 0 Å². The minimum absolute atomic E-state index is 1.31. The molecule has 0 spiro atoms. The number of hydrogen-bond donors (Lipinski definition) is 0. The molecule has 1 fully saturated rings. The molecule has 0 aromatic carbocycles. The van der Waals surface area contributed by atoms with Gasteiger partial charge < -0.3 is 0 Å². The zero-order chi connectivity index (χ0) is 7.52. The second-order valence-electron chi connectivity index (χ2n) is 2.32. The van der Waals surface area contributed by atoms with Gasteiger partial charge >= 0.3 is 0 Å². The first-order valence-corrected chi connectivity index (χ1v) is 6.48. The monoisotopic (exact) mass is 201 g/mol. The van der Waals surface area contributed by atoms with Crippen LogP contribution < -0.4 is 0 Å². The molecule has 0 bridgehead atoms. The molecular weight excluding hydrogens is 192 g/mol. The van der Waals surface area contributed by atoms with Crippen molar-refractivity contribution in [3.05, 3.63) is 27.0 Å². The zero-order valence-electron chi connectivity index (χ0n) is 6.08. The van der Waals surface area contributed by atoms with Crippen molar-refractivity contribution in [1.29, 1.82) is 0 Å². The van der Waals surface area contributed by atoms with E-state index in [1.54, 1.807) is 0 Å². The van der Waals surface area contributed by atoms with Crippen molar-refractivity contribution in [2.45, 2.75) is 6.42 Å². The molecule has 0 atom stereocenters. The number of hydrogen-bond acceptors (Lipinski definition) is 3. The largest absolute Gasteiger partial charge is 0.146 e. The lowest BCUT2D eigenvalue weighted by Gasteiger charge is -2.17. The Morgan fingerprint density at radius 1 is 1.18 bits per heavy atom. The highest BCUT2D eigenvalue weighted by Gasteiger charge is 2.17. The summed E-state index contributed by atoms with van der Waals surface area (Å²) in [6.45, 7) is 0. The van der Waals surface area contributed by atoms with Crippen LogP contribution in [0.25, 0.3) is 0 Å². The first-order chi connectivity index (χ1) is 5.47. The van der Waals surface area contributed by atoms with Gasteiger partial charge in [-0.05, 0) is 29.4 Å². The van der Waals surface area contributed by atoms with E-state index in [1.165, 1.54) is 27.4 Å². The third kappa shape index (κ3) is 1.95. The molecule has 0 unspecified atom stereocenters. The van der Waals surface area contributed by atoms with Crippen molar-refractivity contribution in [3.63, 3.8) is 0 Å². The third-order valence-electron chi connectivity index (χ3n) is 1.48. The molecule has 0 N–H and O–H groups in total. The summed E-state index contributed by atoms with van der Waals surface area (Å²) >= 11 is 5.87. The molecule has 0 aliphatic carbocycles. The summed E-state index contributed by atoms with van der Waals surface area (Å²) in [5.41, 5.74) is 0. The predicted octanol–water partition coefficient (Wildman–Crippen LogP) is 3.46. The maximum Gasteiger partial charge on any atom is 0.124 e. The summed E-state index contributed by atoms with van der Waals surface area (Å²) in [4.78, 5) is 1.46. The number of rotatable bonds is 1. The fraction of sp³-hybridized carbons (Fsp3) is 0.375. The van der Waals surface area contributed by atoms with Gasteiger partial charge in [-0.25, -0.2) is 0 Å². The van der Waals surface area contributed by atoms with Gasteiger partial charge in [-0.15, -0.1) is 34.9 Å². The van der Waals surface area contributed by atoms with E-state index >= 15 is 0 Å². The van der Waals surface area contributed by atoms with Crippen LogP contribution in [0.15, 0.2) is 17.5 Å². The Labute approximate surface area is 79.8 Å². The topological polar surface area (TPSA) is 0 Å². The van der Waals surface area contributed by atoms with E-state index in [0.29, 0.717) is 0 Å². The number of thioether (sulfide) groups is 2. The minimum Gasteiger partial charge on any atom is -0.146 e. The lowest BCUT2D eigenvalue weighted by Crippen LogP contribution is -1.98. The fourth-order valence-corrected chi connectivity index (χ4v) is 4.55. The van der Waals surface area contributed by atoms with Crippen LogP contribution >= 0.6 is 34.9 Å². The van der Waals surface area contributed by atoms with Gasteiger partial charge in [0.1, 0.15) is 4.58 Å². The Morgan fingerprint density at radius 3 is 2.64 bits per heavy atom. The summed E-state index contributed by atoms with van der Waals surface area (Å²) in [6, 6.07) is 4.34. The molecule has 1 aliphatic heterocycles. The molecule has 1 saturated heterocycles. The van der Waals surface area contributed by atoms with Crippen LogP contribution in [-0.4, -0.2) is 11.5 Å². The lowest BCUT2D eigenvalue weighted by molar-refractivity contribution is 1.12. The average molecular weight is 201 g/mol. The summed E-state index contributed by atoms with van der Waals surface area (Å²) in [7, 11) is 0. The Morgan fingerprint density at radius 2 is 2.00 bits per heavy atom. The number of thiophene rings is 1. The second-order valence-corrected chi connectivity index (χ2v) is 5.73. The summed E-state index contributed by atoms with van der Waals surface area (Å²) < 4.78 is 1.53. The molecule has 1 radical (unpaired) electrons. The first kappa shape index (κ1) is 8.02. The van der Waals surface area contributed by atoms with Crippen molar-refractivity contribution in [2.75, 3.05) is 11.5 Å². The van der Waals surface area contributed by atoms with Crippen molar-refractivity contribution in [1.82, 2.24) is 0 Å². The molecule has 59 valence electrons. The van der Waals surface area contributed by atoms with Gasteiger partial charge in [0, 0.05) is 4.88 Å². The summed E-state index contributed by atoms with van der Waals surface area (Å²) in [5, 5.41) is 2.15. The van der Waals surface area contributed by atoms with Crippen molar-refractivity contribution >= 4 is 34.9 Å². The molecule has 11 heavy (non-hydrogen) atoms. The van der Waals surface area contributed by atoms with Crippen LogP contribution in [0.2, 0.25) is 0 Å². The zero-order valence-corrected chi connectivity index (χ0v) is 8.53. The Hall–Kier alpha value is 0.400. The molecular formula is C8H9S3. The molecule has 0 nitrogen and oxygen atoms in total. The molecule has 1 aromatic heterocycles. The van der Waals surface area contributed by atoms with E-state index in [4.69, 9.17) is 0 Å². The van der Waals surface area contributed by atoms with E-state index in [1.807, 2.05) is 34.9 Å². The van der Waals surface area contributed by atoms with Gasteiger partial charge in [0.25, 0.3) is 0 Å². The molecule has 2 heterocycles. The van der Waals surface area contributed by atoms with Crippen molar-refractivity contribution in [3.8, 4) is 0 Å². The molecule has 3 heteroatoms. The van der Waals surface area contributed by atoms with Crippen molar-refractivity contribution in [2.24, 2.45) is 0 Å². The fourth-order valence-electron chi connectivity index (χ4n) is 0.967. The van der Waals surface area contributed by atoms with Crippen LogP contribution in [-0.2, 0) is 0 Å². The van der Waals surface area contributed by atoms with Gasteiger partial charge in [-0.1, -0.05) is 6.07 Å². The van der Waals surface area contributed by atoms with Crippen LogP contribution in [0.5, 0.6) is 0 Å². The standard InChI is InChI=1S/C8H9S3/c1-3-7(9-4-1)8-10-5-2-6-11-8/h1,3-4H,2,5-6H2. The van der Waals surface area contributed by atoms with Crippen LogP contribution in [0, 0.1) is 4.58 Å². The molecule has 2 rings (SSSR count). The van der Waals surface area contributed by atoms with E-state index in [0.717, 1.165) is 0 Å². The van der Waals surface area contributed by atoms with Crippen molar-refractivity contribution < 1.29 is 0 Å². The quantitative estimate of drug-likeness (QED) is 0.682. The molecule has 0 amide bonds. The van der Waals surface area contributed by atoms with Gasteiger partial charge in [0.15, 0.2) is 0 Å². The maximum absolute atomic E-state index is 2.21. The predicted molar refractivity (Wildman–Crippen MR) is 56.2 cm³/mol. The highest BCUT2D eigenvalue weighted by Crippen LogP contribution is 2.43. The van der Waals surface area contributed by atoms with E-state index in [-0.39, 0.29) is 0 Å². The van der Waals surface area contributed by atoms with E-state index in [2.05, 4.69) is 17.5 Å². The van der Waals surface area contributed by atoms with Crippen LogP contribution in [0.4, 0.5) is 0 Å². The van der Waals surface area contributed by atoms with E-state index < -0.39 is 0 Å². The Balaban J connectivity index is 2.04. The van der Waals surface area contributed by atoms with Gasteiger partial charge in [-0.2, -0.15) is 0 Å². The molecule has 0 saturated carbocycles. The highest BCUT2D eigenvalue weighted by atomic mass is 32.2. The van der Waals surface area contributed by atoms with Gasteiger partial charge in [0.2, 0.25) is 0 Å². The SMILES string of the molecule is c1csc([C]2SCCCS2)c1. The first-order valence-electron chi connectivity index (χ1n) is 3.63. The second kappa shape index (κ2) is 3.87. The lowest BCUT2D eigenvalue weighted by atomic mass is 10.5. The highest BCUT2D eigenvalue weighted by molar-refractivity contribution is 8.21. The Kier molecular flexibility index (Phi) is 2.82. The smallest absolute Gasteiger partial charge is 0.124 e. The summed E-state index contributed by atoms with van der Waals surface area (Å²) in [6.07, 6.45) is 1.37. The normalized spacial score (nSPS) is 20.4. The molecule has 1 aromatic rings. The third-order valence-corrected chi connectivity index (χ3v) is 5.28.